The number of benzene rings is 1. The number of aromatic carboxylic acids is 1. The molecule has 1 heterocycles. The van der Waals surface area contributed by atoms with Gasteiger partial charge in [-0.25, -0.2) is 13.2 Å². The van der Waals surface area contributed by atoms with Crippen molar-refractivity contribution in [2.24, 2.45) is 0 Å². The van der Waals surface area contributed by atoms with E-state index in [1.807, 2.05) is 0 Å². The van der Waals surface area contributed by atoms with Crippen LogP contribution in [0.4, 0.5) is 0 Å². The molecule has 1 aromatic carbocycles. The molecule has 0 bridgehead atoms. The van der Waals surface area contributed by atoms with Crippen molar-refractivity contribution in [2.75, 3.05) is 12.4 Å². The van der Waals surface area contributed by atoms with E-state index in [-0.39, 0.29) is 16.4 Å². The van der Waals surface area contributed by atoms with Crippen LogP contribution in [0.5, 0.6) is 0 Å². The molecular weight excluding hydrogens is 260 g/mol. The summed E-state index contributed by atoms with van der Waals surface area (Å²) in [7, 11) is -3.55. The largest absolute Gasteiger partial charge is 0.475 e. The number of sulfone groups is 1. The number of furan rings is 1. The summed E-state index contributed by atoms with van der Waals surface area (Å²) in [6, 6.07) is 5.31. The topological polar surface area (TPSA) is 105 Å². The highest BCUT2D eigenvalue weighted by molar-refractivity contribution is 7.91. The first-order chi connectivity index (χ1) is 8.44. The van der Waals surface area contributed by atoms with Crippen molar-refractivity contribution in [1.29, 1.82) is 0 Å². The number of rotatable bonds is 4. The molecule has 0 fully saturated rings. The van der Waals surface area contributed by atoms with Crippen molar-refractivity contribution >= 4 is 26.8 Å². The molecule has 96 valence electrons. The minimum atomic E-state index is -3.55. The zero-order valence-corrected chi connectivity index (χ0v) is 9.98. The van der Waals surface area contributed by atoms with Crippen LogP contribution in [-0.4, -0.2) is 37.0 Å². The summed E-state index contributed by atoms with van der Waals surface area (Å²) < 4.78 is 28.4. The Morgan fingerprint density at radius 3 is 2.61 bits per heavy atom. The second-order valence-corrected chi connectivity index (χ2v) is 5.77. The first kappa shape index (κ1) is 12.6. The maximum atomic E-state index is 11.7. The van der Waals surface area contributed by atoms with Gasteiger partial charge in [0.15, 0.2) is 9.84 Å². The van der Waals surface area contributed by atoms with Gasteiger partial charge in [0.1, 0.15) is 5.58 Å². The lowest BCUT2D eigenvalue weighted by Gasteiger charge is -2.01. The average molecular weight is 270 g/mol. The molecule has 0 aliphatic heterocycles. The third-order valence-corrected chi connectivity index (χ3v) is 4.11. The van der Waals surface area contributed by atoms with Crippen LogP contribution in [0.1, 0.15) is 10.6 Å². The molecule has 0 aliphatic carbocycles. The first-order valence-electron chi connectivity index (χ1n) is 5.04. The number of carboxylic acids is 1. The molecule has 0 unspecified atom stereocenters. The van der Waals surface area contributed by atoms with E-state index in [1.54, 1.807) is 0 Å². The molecule has 0 amide bonds. The van der Waals surface area contributed by atoms with E-state index in [1.165, 1.54) is 24.3 Å². The van der Waals surface area contributed by atoms with Crippen molar-refractivity contribution < 1.29 is 27.8 Å². The zero-order chi connectivity index (χ0) is 13.3. The SMILES string of the molecule is O=C(O)c1cc2cc(S(=O)(=O)CCO)ccc2o1. The van der Waals surface area contributed by atoms with Crippen molar-refractivity contribution in [3.63, 3.8) is 0 Å². The molecule has 6 nitrogen and oxygen atoms in total. The van der Waals surface area contributed by atoms with Crippen LogP contribution in [0, 0.1) is 0 Å². The van der Waals surface area contributed by atoms with Crippen LogP contribution in [0.15, 0.2) is 33.6 Å². The molecule has 0 saturated carbocycles. The van der Waals surface area contributed by atoms with Crippen LogP contribution in [0.3, 0.4) is 0 Å². The molecule has 2 rings (SSSR count). The summed E-state index contributed by atoms with van der Waals surface area (Å²) in [4.78, 5) is 10.7. The first-order valence-corrected chi connectivity index (χ1v) is 6.70. The second kappa shape index (κ2) is 4.43. The molecule has 2 N–H and O–H groups in total. The lowest BCUT2D eigenvalue weighted by atomic mass is 10.2. The summed E-state index contributed by atoms with van der Waals surface area (Å²) in [6.45, 7) is -0.466. The van der Waals surface area contributed by atoms with Gasteiger partial charge in [-0.05, 0) is 24.3 Å². The highest BCUT2D eigenvalue weighted by atomic mass is 32.2. The van der Waals surface area contributed by atoms with E-state index in [9.17, 15) is 13.2 Å². The molecular formula is C11H10O6S. The average Bonchev–Trinajstić information content (AvgIpc) is 2.71. The number of aliphatic hydroxyl groups excluding tert-OH is 1. The fourth-order valence-corrected chi connectivity index (χ4v) is 2.62. The molecule has 18 heavy (non-hydrogen) atoms. The van der Waals surface area contributed by atoms with Gasteiger partial charge in [-0.2, -0.15) is 0 Å². The molecule has 0 atom stereocenters. The minimum absolute atomic E-state index is 0.0294. The summed E-state index contributed by atoms with van der Waals surface area (Å²) >= 11 is 0. The van der Waals surface area contributed by atoms with E-state index in [4.69, 9.17) is 14.6 Å². The predicted molar refractivity (Wildman–Crippen MR) is 62.3 cm³/mol. The molecule has 2 aromatic rings. The van der Waals surface area contributed by atoms with E-state index < -0.39 is 22.4 Å². The molecule has 0 saturated heterocycles. The smallest absolute Gasteiger partial charge is 0.371 e. The normalized spacial score (nSPS) is 11.8. The monoisotopic (exact) mass is 270 g/mol. The Morgan fingerprint density at radius 1 is 1.28 bits per heavy atom. The van der Waals surface area contributed by atoms with Crippen molar-refractivity contribution in [1.82, 2.24) is 0 Å². The quantitative estimate of drug-likeness (QED) is 0.855. The van der Waals surface area contributed by atoms with Gasteiger partial charge in [0.05, 0.1) is 17.3 Å². The third-order valence-electron chi connectivity index (χ3n) is 2.42. The highest BCUT2D eigenvalue weighted by Gasteiger charge is 2.16. The minimum Gasteiger partial charge on any atom is -0.475 e. The second-order valence-electron chi connectivity index (χ2n) is 3.66. The van der Waals surface area contributed by atoms with Gasteiger partial charge >= 0.3 is 5.97 Å². The van der Waals surface area contributed by atoms with Gasteiger partial charge < -0.3 is 14.6 Å². The number of aliphatic hydroxyl groups is 1. The highest BCUT2D eigenvalue weighted by Crippen LogP contribution is 2.23. The Morgan fingerprint density at radius 2 is 2.00 bits per heavy atom. The van der Waals surface area contributed by atoms with E-state index >= 15 is 0 Å². The van der Waals surface area contributed by atoms with Gasteiger partial charge in [0, 0.05) is 5.39 Å². The van der Waals surface area contributed by atoms with Gasteiger partial charge in [-0.3, -0.25) is 0 Å². The third kappa shape index (κ3) is 2.22. The van der Waals surface area contributed by atoms with Crippen LogP contribution >= 0.6 is 0 Å². The maximum Gasteiger partial charge on any atom is 0.371 e. The number of carbonyl (C=O) groups is 1. The van der Waals surface area contributed by atoms with Crippen molar-refractivity contribution in [2.45, 2.75) is 4.90 Å². The maximum absolute atomic E-state index is 11.7. The number of hydrogen-bond donors (Lipinski definition) is 2. The molecule has 1 aromatic heterocycles. The van der Waals surface area contributed by atoms with Crippen LogP contribution in [0.2, 0.25) is 0 Å². The molecule has 0 radical (unpaired) electrons. The van der Waals surface area contributed by atoms with Crippen LogP contribution in [-0.2, 0) is 9.84 Å². The van der Waals surface area contributed by atoms with Crippen molar-refractivity contribution in [3.05, 3.63) is 30.0 Å². The summed E-state index contributed by atoms with van der Waals surface area (Å²) in [5.41, 5.74) is 0.301. The van der Waals surface area contributed by atoms with Crippen molar-refractivity contribution in [3.8, 4) is 0 Å². The summed E-state index contributed by atoms with van der Waals surface area (Å²) in [5.74, 6) is -1.84. The fraction of sp³-hybridized carbons (Fsp3) is 0.182. The lowest BCUT2D eigenvalue weighted by molar-refractivity contribution is 0.0665. The Balaban J connectivity index is 2.54. The van der Waals surface area contributed by atoms with E-state index in [2.05, 4.69) is 0 Å². The molecule has 0 aliphatic rings. The Kier molecular flexibility index (Phi) is 3.10. The lowest BCUT2D eigenvalue weighted by Crippen LogP contribution is -2.09. The fourth-order valence-electron chi connectivity index (χ4n) is 1.56. The van der Waals surface area contributed by atoms with E-state index in [0.717, 1.165) is 0 Å². The Bertz CT molecular complexity index is 697. The standard InChI is InChI=1S/C11H10O6S/c12-3-4-18(15,16)8-1-2-9-7(5-8)6-10(17-9)11(13)14/h1-2,5-6,12H,3-4H2,(H,13,14). The van der Waals surface area contributed by atoms with E-state index in [0.29, 0.717) is 11.0 Å². The van der Waals surface area contributed by atoms with Crippen LogP contribution in [0.25, 0.3) is 11.0 Å². The zero-order valence-electron chi connectivity index (χ0n) is 9.16. The van der Waals surface area contributed by atoms with Crippen LogP contribution < -0.4 is 0 Å². The summed E-state index contributed by atoms with van der Waals surface area (Å²) in [5, 5.41) is 17.8. The van der Waals surface area contributed by atoms with Gasteiger partial charge in [0.25, 0.3) is 0 Å². The van der Waals surface area contributed by atoms with Gasteiger partial charge in [-0.1, -0.05) is 0 Å². The Hall–Kier alpha value is -1.86. The number of hydrogen-bond acceptors (Lipinski definition) is 5. The van der Waals surface area contributed by atoms with Gasteiger partial charge in [-0.15, -0.1) is 0 Å². The molecule has 0 spiro atoms. The Labute approximate surface area is 102 Å². The molecule has 7 heteroatoms. The summed E-state index contributed by atoms with van der Waals surface area (Å²) in [6.07, 6.45) is 0. The number of fused-ring (bicyclic) bond motifs is 1. The number of carboxylic acid groups (broad SMARTS) is 1. The predicted octanol–water partition coefficient (Wildman–Crippen LogP) is 0.897. The van der Waals surface area contributed by atoms with Gasteiger partial charge in [0.2, 0.25) is 5.76 Å².